The van der Waals surface area contributed by atoms with Crippen molar-refractivity contribution in [2.75, 3.05) is 13.2 Å². The average Bonchev–Trinajstić information content (AvgIpc) is 2.67. The molecule has 0 aromatic heterocycles. The lowest BCUT2D eigenvalue weighted by atomic mass is 9.88. The quantitative estimate of drug-likeness (QED) is 0.245. The molecule has 1 aliphatic rings. The molecule has 1 unspecified atom stereocenters. The third-order valence-electron chi connectivity index (χ3n) is 4.59. The van der Waals surface area contributed by atoms with E-state index in [2.05, 4.69) is 67.7 Å². The number of esters is 1. The largest absolute Gasteiger partial charge is 0.464 e. The van der Waals surface area contributed by atoms with E-state index in [1.165, 1.54) is 0 Å². The molecule has 0 radical (unpaired) electrons. The summed E-state index contributed by atoms with van der Waals surface area (Å²) in [6.07, 6.45) is 28.7. The van der Waals surface area contributed by atoms with Crippen LogP contribution in [0.15, 0.2) is 60.8 Å². The molecule has 0 aromatic carbocycles. The second-order valence-electron chi connectivity index (χ2n) is 7.20. The van der Waals surface area contributed by atoms with E-state index < -0.39 is 6.10 Å². The molecule has 0 bridgehead atoms. The maximum atomic E-state index is 11.9. The molecule has 28 heavy (non-hydrogen) atoms. The van der Waals surface area contributed by atoms with E-state index in [-0.39, 0.29) is 11.4 Å². The Kier molecular flexibility index (Phi) is 13.0. The highest BCUT2D eigenvalue weighted by Crippen LogP contribution is 2.24. The van der Waals surface area contributed by atoms with Crippen LogP contribution in [0.3, 0.4) is 0 Å². The summed E-state index contributed by atoms with van der Waals surface area (Å²) >= 11 is 0. The van der Waals surface area contributed by atoms with Crippen LogP contribution in [-0.4, -0.2) is 25.3 Å². The SMILES string of the molecule is CCOC(=O)C(CCCC/C=C\C1(C)/C=C\C/C=C\C/C=C\C/C=C\1)OCC. The number of hydrogen-bond acceptors (Lipinski definition) is 3. The number of carbonyl (C=O) groups is 1. The average molecular weight is 387 g/mol. The lowest BCUT2D eigenvalue weighted by Crippen LogP contribution is -2.26. The van der Waals surface area contributed by atoms with E-state index in [9.17, 15) is 4.79 Å². The molecule has 3 heteroatoms. The summed E-state index contributed by atoms with van der Waals surface area (Å²) < 4.78 is 10.6. The van der Waals surface area contributed by atoms with Crippen molar-refractivity contribution in [2.45, 2.75) is 71.8 Å². The number of carbonyl (C=O) groups excluding carboxylic acids is 1. The van der Waals surface area contributed by atoms with Crippen LogP contribution >= 0.6 is 0 Å². The first-order valence-electron chi connectivity index (χ1n) is 10.7. The highest BCUT2D eigenvalue weighted by atomic mass is 16.6. The molecule has 156 valence electrons. The molecule has 0 N–H and O–H groups in total. The summed E-state index contributed by atoms with van der Waals surface area (Å²) in [7, 11) is 0. The molecular formula is C25H38O3. The molecule has 0 saturated carbocycles. The molecule has 0 fully saturated rings. The normalized spacial score (nSPS) is 22.5. The van der Waals surface area contributed by atoms with Gasteiger partial charge in [0.05, 0.1) is 6.61 Å². The van der Waals surface area contributed by atoms with Gasteiger partial charge in [-0.15, -0.1) is 0 Å². The number of ether oxygens (including phenoxy) is 2. The summed E-state index contributed by atoms with van der Waals surface area (Å²) in [4.78, 5) is 11.9. The van der Waals surface area contributed by atoms with Crippen LogP contribution in [0.5, 0.6) is 0 Å². The van der Waals surface area contributed by atoms with Gasteiger partial charge in [-0.2, -0.15) is 0 Å². The summed E-state index contributed by atoms with van der Waals surface area (Å²) in [6, 6.07) is 0. The molecule has 0 heterocycles. The first kappa shape index (κ1) is 24.2. The van der Waals surface area contributed by atoms with Crippen LogP contribution < -0.4 is 0 Å². The summed E-state index contributed by atoms with van der Waals surface area (Å²) in [5, 5.41) is 0. The summed E-state index contributed by atoms with van der Waals surface area (Å²) in [5.74, 6) is -0.237. The smallest absolute Gasteiger partial charge is 0.335 e. The van der Waals surface area contributed by atoms with E-state index in [1.54, 1.807) is 0 Å². The van der Waals surface area contributed by atoms with Crippen LogP contribution in [-0.2, 0) is 14.3 Å². The Morgan fingerprint density at radius 3 is 2.14 bits per heavy atom. The molecule has 1 rings (SSSR count). The van der Waals surface area contributed by atoms with Gasteiger partial charge in [-0.1, -0.05) is 60.8 Å². The standard InChI is InChI=1S/C25H38O3/c1-4-27-23(24(26)28-5-2)19-15-11-14-18-22-25(3)20-16-12-9-7-6-8-10-13-17-21-25/h7-10,16-18,20-23H,4-6,11-15,19H2,1-3H3/b9-7-,10-8-,20-16-,21-17-,22-18-. The predicted molar refractivity (Wildman–Crippen MR) is 118 cm³/mol. The molecule has 0 amide bonds. The molecule has 3 nitrogen and oxygen atoms in total. The van der Waals surface area contributed by atoms with Gasteiger partial charge in [0.1, 0.15) is 0 Å². The number of hydrogen-bond donors (Lipinski definition) is 0. The van der Waals surface area contributed by atoms with Crippen molar-refractivity contribution in [3.05, 3.63) is 60.8 Å². The van der Waals surface area contributed by atoms with Gasteiger partial charge in [-0.05, 0) is 65.7 Å². The minimum Gasteiger partial charge on any atom is -0.464 e. The van der Waals surface area contributed by atoms with E-state index >= 15 is 0 Å². The van der Waals surface area contributed by atoms with E-state index in [1.807, 2.05) is 13.8 Å². The van der Waals surface area contributed by atoms with Crippen molar-refractivity contribution < 1.29 is 14.3 Å². The maximum absolute atomic E-state index is 11.9. The fourth-order valence-electron chi connectivity index (χ4n) is 3.07. The minimum atomic E-state index is -0.426. The van der Waals surface area contributed by atoms with Gasteiger partial charge in [-0.25, -0.2) is 4.79 Å². The van der Waals surface area contributed by atoms with Gasteiger partial charge in [0.2, 0.25) is 0 Å². The van der Waals surface area contributed by atoms with E-state index in [0.717, 1.165) is 44.9 Å². The van der Waals surface area contributed by atoms with Gasteiger partial charge in [0, 0.05) is 12.0 Å². The zero-order valence-electron chi connectivity index (χ0n) is 17.9. The lowest BCUT2D eigenvalue weighted by Gasteiger charge is -2.17. The monoisotopic (exact) mass is 386 g/mol. The topological polar surface area (TPSA) is 35.5 Å². The first-order valence-corrected chi connectivity index (χ1v) is 10.7. The fourth-order valence-corrected chi connectivity index (χ4v) is 3.07. The van der Waals surface area contributed by atoms with E-state index in [4.69, 9.17) is 9.47 Å². The lowest BCUT2D eigenvalue weighted by molar-refractivity contribution is -0.156. The van der Waals surface area contributed by atoms with Crippen molar-refractivity contribution in [3.63, 3.8) is 0 Å². The molecular weight excluding hydrogens is 348 g/mol. The molecule has 0 saturated heterocycles. The Balaban J connectivity index is 2.48. The van der Waals surface area contributed by atoms with Gasteiger partial charge in [0.25, 0.3) is 0 Å². The molecule has 0 aliphatic heterocycles. The van der Waals surface area contributed by atoms with Gasteiger partial charge < -0.3 is 9.47 Å². The third kappa shape index (κ3) is 11.1. The molecule has 1 atom stereocenters. The van der Waals surface area contributed by atoms with Gasteiger partial charge in [0.15, 0.2) is 6.10 Å². The van der Waals surface area contributed by atoms with Crippen molar-refractivity contribution in [3.8, 4) is 0 Å². The van der Waals surface area contributed by atoms with Crippen LogP contribution in [0.2, 0.25) is 0 Å². The van der Waals surface area contributed by atoms with Crippen LogP contribution in [0, 0.1) is 5.41 Å². The van der Waals surface area contributed by atoms with Crippen molar-refractivity contribution in [1.29, 1.82) is 0 Å². The fraction of sp³-hybridized carbons (Fsp3) is 0.560. The van der Waals surface area contributed by atoms with Gasteiger partial charge in [-0.3, -0.25) is 0 Å². The van der Waals surface area contributed by atoms with Crippen molar-refractivity contribution in [2.24, 2.45) is 5.41 Å². The zero-order chi connectivity index (χ0) is 20.5. The predicted octanol–water partition coefficient (Wildman–Crippen LogP) is 6.49. The Bertz CT molecular complexity index is 542. The molecule has 0 spiro atoms. The second kappa shape index (κ2) is 15.1. The van der Waals surface area contributed by atoms with Crippen LogP contribution in [0.1, 0.15) is 65.7 Å². The Labute approximate surface area is 171 Å². The highest BCUT2D eigenvalue weighted by Gasteiger charge is 2.19. The number of rotatable bonds is 10. The maximum Gasteiger partial charge on any atom is 0.335 e. The van der Waals surface area contributed by atoms with Crippen LogP contribution in [0.4, 0.5) is 0 Å². The third-order valence-corrected chi connectivity index (χ3v) is 4.59. The molecule has 0 aromatic rings. The first-order chi connectivity index (χ1) is 13.6. The van der Waals surface area contributed by atoms with E-state index in [0.29, 0.717) is 13.2 Å². The molecule has 1 aliphatic carbocycles. The van der Waals surface area contributed by atoms with Crippen LogP contribution in [0.25, 0.3) is 0 Å². The van der Waals surface area contributed by atoms with Crippen molar-refractivity contribution in [1.82, 2.24) is 0 Å². The second-order valence-corrected chi connectivity index (χ2v) is 7.20. The number of unbranched alkanes of at least 4 members (excludes halogenated alkanes) is 2. The Morgan fingerprint density at radius 1 is 0.964 bits per heavy atom. The minimum absolute atomic E-state index is 0.0559. The van der Waals surface area contributed by atoms with Gasteiger partial charge >= 0.3 is 5.97 Å². The van der Waals surface area contributed by atoms with Crippen molar-refractivity contribution >= 4 is 5.97 Å². The summed E-state index contributed by atoms with van der Waals surface area (Å²) in [6.45, 7) is 6.90. The summed E-state index contributed by atoms with van der Waals surface area (Å²) in [5.41, 5.74) is -0.0559. The zero-order valence-corrected chi connectivity index (χ0v) is 17.9. The Hall–Kier alpha value is -1.87. The Morgan fingerprint density at radius 2 is 1.57 bits per heavy atom. The number of allylic oxidation sites excluding steroid dienone is 10. The highest BCUT2D eigenvalue weighted by molar-refractivity contribution is 5.74.